The molecule has 3 aromatic rings. The van der Waals surface area contributed by atoms with E-state index in [1.54, 1.807) is 18.2 Å². The van der Waals surface area contributed by atoms with Gasteiger partial charge in [-0.2, -0.15) is 0 Å². The van der Waals surface area contributed by atoms with Gasteiger partial charge in [-0.15, -0.1) is 16.4 Å². The lowest BCUT2D eigenvalue weighted by Gasteiger charge is -2.12. The maximum atomic E-state index is 12.1. The highest BCUT2D eigenvalue weighted by Crippen LogP contribution is 2.38. The zero-order valence-corrected chi connectivity index (χ0v) is 17.6. The molecule has 8 nitrogen and oxygen atoms in total. The summed E-state index contributed by atoms with van der Waals surface area (Å²) in [7, 11) is 4.57. The van der Waals surface area contributed by atoms with E-state index in [-0.39, 0.29) is 6.01 Å². The number of hydrogen-bond acceptors (Lipinski definition) is 8. The molecule has 1 aromatic carbocycles. The third-order valence-electron chi connectivity index (χ3n) is 3.55. The van der Waals surface area contributed by atoms with Gasteiger partial charge in [-0.25, -0.2) is 0 Å². The largest absolute Gasteiger partial charge is 0.493 e. The molecule has 0 unspecified atom stereocenters. The molecule has 2 heterocycles. The summed E-state index contributed by atoms with van der Waals surface area (Å²) in [4.78, 5) is 12.9. The number of anilines is 1. The van der Waals surface area contributed by atoms with Crippen LogP contribution in [0.2, 0.25) is 0 Å². The van der Waals surface area contributed by atoms with Crippen molar-refractivity contribution in [1.29, 1.82) is 0 Å². The molecule has 0 spiro atoms. The van der Waals surface area contributed by atoms with Gasteiger partial charge >= 0.3 is 6.01 Å². The molecule has 0 fully saturated rings. The Kier molecular flexibility index (Phi) is 6.32. The molecule has 0 saturated carbocycles. The van der Waals surface area contributed by atoms with Gasteiger partial charge in [0, 0.05) is 6.08 Å². The average molecular weight is 466 g/mol. The number of amides is 1. The van der Waals surface area contributed by atoms with Crippen LogP contribution >= 0.6 is 27.3 Å². The highest BCUT2D eigenvalue weighted by Gasteiger charge is 2.13. The number of methoxy groups -OCH3 is 3. The van der Waals surface area contributed by atoms with Crippen LogP contribution in [0.15, 0.2) is 38.5 Å². The van der Waals surface area contributed by atoms with Gasteiger partial charge in [-0.3, -0.25) is 10.1 Å². The Morgan fingerprint density at radius 2 is 1.86 bits per heavy atom. The number of carbonyl (C=O) groups excluding carboxylic acids is 1. The Hall–Kier alpha value is -2.85. The summed E-state index contributed by atoms with van der Waals surface area (Å²) in [5.74, 6) is 1.37. The first-order valence-electron chi connectivity index (χ1n) is 7.92. The Balaban J connectivity index is 1.71. The zero-order chi connectivity index (χ0) is 20.1. The molecule has 0 aliphatic carbocycles. The third-order valence-corrected chi connectivity index (χ3v) is 5.16. The number of hydrogen-bond donors (Lipinski definition) is 1. The summed E-state index contributed by atoms with van der Waals surface area (Å²) in [6.07, 6.45) is 2.94. The molecule has 10 heteroatoms. The number of thiophene rings is 1. The molecule has 3 rings (SSSR count). The molecule has 0 bridgehead atoms. The Morgan fingerprint density at radius 3 is 2.43 bits per heavy atom. The average Bonchev–Trinajstić information content (AvgIpc) is 3.34. The van der Waals surface area contributed by atoms with Gasteiger partial charge in [0.2, 0.25) is 5.75 Å². The maximum absolute atomic E-state index is 12.1. The van der Waals surface area contributed by atoms with Crippen molar-refractivity contribution in [3.63, 3.8) is 0 Å². The van der Waals surface area contributed by atoms with Gasteiger partial charge in [0.1, 0.15) is 0 Å². The molecule has 146 valence electrons. The van der Waals surface area contributed by atoms with E-state index >= 15 is 0 Å². The summed E-state index contributed by atoms with van der Waals surface area (Å²) in [5.41, 5.74) is 0.694. The van der Waals surface area contributed by atoms with E-state index in [2.05, 4.69) is 31.4 Å². The first-order chi connectivity index (χ1) is 13.5. The first-order valence-corrected chi connectivity index (χ1v) is 9.53. The predicted octanol–water partition coefficient (Wildman–Crippen LogP) is 4.24. The van der Waals surface area contributed by atoms with Gasteiger partial charge in [-0.1, -0.05) is 5.10 Å². The monoisotopic (exact) mass is 465 g/mol. The minimum Gasteiger partial charge on any atom is -0.493 e. The number of aromatic nitrogens is 2. The smallest absolute Gasteiger partial charge is 0.322 e. The highest BCUT2D eigenvalue weighted by molar-refractivity contribution is 9.11. The molecular weight excluding hydrogens is 450 g/mol. The predicted molar refractivity (Wildman–Crippen MR) is 109 cm³/mol. The van der Waals surface area contributed by atoms with Crippen LogP contribution in [0.3, 0.4) is 0 Å². The van der Waals surface area contributed by atoms with Crippen LogP contribution in [0, 0.1) is 0 Å². The van der Waals surface area contributed by atoms with Crippen LogP contribution in [0.25, 0.3) is 16.8 Å². The number of nitrogens with zero attached hydrogens (tertiary/aromatic N) is 2. The van der Waals surface area contributed by atoms with Crippen LogP contribution < -0.4 is 19.5 Å². The Labute approximate surface area is 173 Å². The fraction of sp³-hybridized carbons (Fsp3) is 0.167. The molecular formula is C18H16BrN3O5S. The van der Waals surface area contributed by atoms with Crippen molar-refractivity contribution in [2.24, 2.45) is 0 Å². The SMILES string of the molecule is COc1cc(/C=C/C(=O)Nc2nnc(-c3ccc(Br)s3)o2)cc(OC)c1OC. The number of carbonyl (C=O) groups is 1. The standard InChI is InChI=1S/C18H16BrN3O5S/c1-24-11-8-10(9-12(25-2)16(11)26-3)4-7-15(23)20-18-22-21-17(27-18)13-5-6-14(19)28-13/h4-9H,1-3H3,(H,20,22,23)/b7-4+. The lowest BCUT2D eigenvalue weighted by molar-refractivity contribution is -0.112. The molecule has 0 atom stereocenters. The number of rotatable bonds is 7. The van der Waals surface area contributed by atoms with E-state index in [0.29, 0.717) is 28.7 Å². The minimum atomic E-state index is -0.420. The van der Waals surface area contributed by atoms with E-state index in [1.165, 1.54) is 38.7 Å². The van der Waals surface area contributed by atoms with Gasteiger partial charge in [0.05, 0.1) is 30.0 Å². The lowest BCUT2D eigenvalue weighted by Crippen LogP contribution is -2.07. The third kappa shape index (κ3) is 4.52. The minimum absolute atomic E-state index is 0.0130. The number of halogens is 1. The maximum Gasteiger partial charge on any atom is 0.322 e. The van der Waals surface area contributed by atoms with Crippen molar-refractivity contribution in [2.45, 2.75) is 0 Å². The summed E-state index contributed by atoms with van der Waals surface area (Å²) in [6.45, 7) is 0. The first kappa shape index (κ1) is 19.9. The number of benzene rings is 1. The summed E-state index contributed by atoms with van der Waals surface area (Å²) in [5, 5.41) is 10.3. The molecule has 1 N–H and O–H groups in total. The quantitative estimate of drug-likeness (QED) is 0.521. The fourth-order valence-corrected chi connectivity index (χ4v) is 3.63. The second kappa shape index (κ2) is 8.89. The lowest BCUT2D eigenvalue weighted by atomic mass is 10.1. The molecule has 0 saturated heterocycles. The molecule has 0 aliphatic rings. The Bertz CT molecular complexity index is 989. The van der Waals surface area contributed by atoms with E-state index in [4.69, 9.17) is 18.6 Å². The van der Waals surface area contributed by atoms with Crippen LogP contribution in [-0.4, -0.2) is 37.4 Å². The van der Waals surface area contributed by atoms with E-state index in [0.717, 1.165) is 8.66 Å². The second-order valence-corrected chi connectivity index (χ2v) is 7.76. The van der Waals surface area contributed by atoms with Crippen LogP contribution in [0.4, 0.5) is 6.01 Å². The number of ether oxygens (including phenoxy) is 3. The van der Waals surface area contributed by atoms with Gasteiger partial charge < -0.3 is 18.6 Å². The van der Waals surface area contributed by atoms with Crippen molar-refractivity contribution < 1.29 is 23.4 Å². The zero-order valence-electron chi connectivity index (χ0n) is 15.2. The number of nitrogens with one attached hydrogen (secondary N) is 1. The van der Waals surface area contributed by atoms with Crippen molar-refractivity contribution in [2.75, 3.05) is 26.6 Å². The molecule has 2 aromatic heterocycles. The van der Waals surface area contributed by atoms with Gasteiger partial charge in [-0.05, 0) is 51.8 Å². The van der Waals surface area contributed by atoms with Gasteiger partial charge in [0.15, 0.2) is 11.5 Å². The summed E-state index contributed by atoms with van der Waals surface area (Å²) in [6, 6.07) is 7.19. The van der Waals surface area contributed by atoms with Gasteiger partial charge in [0.25, 0.3) is 11.8 Å². The molecule has 28 heavy (non-hydrogen) atoms. The van der Waals surface area contributed by atoms with Crippen molar-refractivity contribution in [3.8, 4) is 28.0 Å². The normalized spacial score (nSPS) is 10.9. The second-order valence-electron chi connectivity index (χ2n) is 5.30. The molecule has 0 radical (unpaired) electrons. The molecule has 0 aliphatic heterocycles. The van der Waals surface area contributed by atoms with Crippen molar-refractivity contribution >= 4 is 45.3 Å². The Morgan fingerprint density at radius 1 is 1.14 bits per heavy atom. The van der Waals surface area contributed by atoms with Crippen LogP contribution in [0.1, 0.15) is 5.56 Å². The van der Waals surface area contributed by atoms with Crippen molar-refractivity contribution in [1.82, 2.24) is 10.2 Å². The molecule has 1 amide bonds. The highest BCUT2D eigenvalue weighted by atomic mass is 79.9. The fourth-order valence-electron chi connectivity index (χ4n) is 2.32. The topological polar surface area (TPSA) is 95.7 Å². The van der Waals surface area contributed by atoms with E-state index < -0.39 is 5.91 Å². The summed E-state index contributed by atoms with van der Waals surface area (Å²) < 4.78 is 22.3. The van der Waals surface area contributed by atoms with Crippen LogP contribution in [0.5, 0.6) is 17.2 Å². The van der Waals surface area contributed by atoms with Crippen molar-refractivity contribution in [3.05, 3.63) is 39.7 Å². The van der Waals surface area contributed by atoms with E-state index in [9.17, 15) is 4.79 Å². The summed E-state index contributed by atoms with van der Waals surface area (Å²) >= 11 is 4.82. The van der Waals surface area contributed by atoms with Crippen LogP contribution in [-0.2, 0) is 4.79 Å². The van der Waals surface area contributed by atoms with E-state index in [1.807, 2.05) is 12.1 Å².